The van der Waals surface area contributed by atoms with Gasteiger partial charge in [0, 0.05) is 26.2 Å². The average molecular weight is 597 g/mol. The Morgan fingerprint density at radius 1 is 0.634 bits per heavy atom. The van der Waals surface area contributed by atoms with Gasteiger partial charge in [0.05, 0.1) is 0 Å². The number of halogens is 8. The Labute approximate surface area is 233 Å². The van der Waals surface area contributed by atoms with Gasteiger partial charge in [-0.2, -0.15) is 26.3 Å². The van der Waals surface area contributed by atoms with Crippen LogP contribution in [0, 0.1) is 11.6 Å². The van der Waals surface area contributed by atoms with Gasteiger partial charge in [0.2, 0.25) is 0 Å². The lowest BCUT2D eigenvalue weighted by Gasteiger charge is -2.38. The minimum absolute atomic E-state index is 0.0541. The highest BCUT2D eigenvalue weighted by Gasteiger charge is 2.50. The molecule has 0 radical (unpaired) electrons. The van der Waals surface area contributed by atoms with Gasteiger partial charge >= 0.3 is 12.4 Å². The number of nitrogens with zero attached hydrogens (tertiary/aromatic N) is 2. The van der Waals surface area contributed by atoms with E-state index >= 15 is 0 Å². The van der Waals surface area contributed by atoms with Crippen molar-refractivity contribution in [1.82, 2.24) is 9.80 Å². The molecular formula is C28H32F8N2O3. The highest BCUT2D eigenvalue weighted by Crippen LogP contribution is 2.32. The van der Waals surface area contributed by atoms with E-state index < -0.39 is 61.5 Å². The summed E-state index contributed by atoms with van der Waals surface area (Å²) in [7, 11) is 0. The van der Waals surface area contributed by atoms with Crippen LogP contribution in [-0.2, 0) is 4.74 Å². The lowest BCUT2D eigenvalue weighted by Crippen LogP contribution is -2.54. The van der Waals surface area contributed by atoms with Crippen molar-refractivity contribution in [2.24, 2.45) is 0 Å². The highest BCUT2D eigenvalue weighted by atomic mass is 19.4. The average Bonchev–Trinajstić information content (AvgIpc) is 2.90. The van der Waals surface area contributed by atoms with Gasteiger partial charge in [-0.1, -0.05) is 0 Å². The second-order valence-corrected chi connectivity index (χ2v) is 10.4. The maximum Gasteiger partial charge on any atom is 0.415 e. The van der Waals surface area contributed by atoms with Crippen LogP contribution < -0.4 is 9.47 Å². The number of piperidine rings is 2. The lowest BCUT2D eigenvalue weighted by atomic mass is 10.1. The van der Waals surface area contributed by atoms with Crippen LogP contribution in [-0.4, -0.2) is 85.8 Å². The fourth-order valence-electron chi connectivity index (χ4n) is 5.08. The Kier molecular flexibility index (Phi) is 10.3. The molecule has 0 aliphatic carbocycles. The van der Waals surface area contributed by atoms with Crippen LogP contribution in [0.2, 0.25) is 0 Å². The molecule has 2 heterocycles. The number of benzene rings is 2. The maximum absolute atomic E-state index is 14.0. The molecule has 228 valence electrons. The third kappa shape index (κ3) is 9.71. The third-order valence-corrected chi connectivity index (χ3v) is 7.06. The Morgan fingerprint density at radius 3 is 1.34 bits per heavy atom. The molecule has 13 heteroatoms. The molecule has 2 unspecified atom stereocenters. The van der Waals surface area contributed by atoms with E-state index in [1.165, 1.54) is 58.3 Å². The monoisotopic (exact) mass is 596 g/mol. The maximum atomic E-state index is 14.0. The summed E-state index contributed by atoms with van der Waals surface area (Å²) in [5, 5.41) is 0. The Bertz CT molecular complexity index is 996. The van der Waals surface area contributed by atoms with E-state index in [9.17, 15) is 35.1 Å². The van der Waals surface area contributed by atoms with Gasteiger partial charge in [-0.15, -0.1) is 0 Å². The van der Waals surface area contributed by atoms with E-state index in [4.69, 9.17) is 14.2 Å². The highest BCUT2D eigenvalue weighted by molar-refractivity contribution is 5.23. The van der Waals surface area contributed by atoms with Crippen molar-refractivity contribution in [3.05, 3.63) is 60.2 Å². The van der Waals surface area contributed by atoms with Crippen molar-refractivity contribution >= 4 is 0 Å². The second kappa shape index (κ2) is 13.6. The summed E-state index contributed by atoms with van der Waals surface area (Å²) < 4.78 is 126. The zero-order chi connectivity index (χ0) is 29.6. The van der Waals surface area contributed by atoms with Crippen molar-refractivity contribution < 1.29 is 49.3 Å². The molecule has 2 aliphatic rings. The molecule has 5 nitrogen and oxygen atoms in total. The van der Waals surface area contributed by atoms with Gasteiger partial charge in [-0.25, -0.2) is 8.78 Å². The molecule has 4 atom stereocenters. The van der Waals surface area contributed by atoms with Crippen LogP contribution >= 0.6 is 0 Å². The minimum atomic E-state index is -5.04. The number of hydrogen-bond acceptors (Lipinski definition) is 5. The van der Waals surface area contributed by atoms with Crippen LogP contribution in [0.3, 0.4) is 0 Å². The van der Waals surface area contributed by atoms with Gasteiger partial charge in [-0.3, -0.25) is 9.80 Å². The van der Waals surface area contributed by atoms with E-state index in [1.807, 2.05) is 0 Å². The molecule has 2 saturated heterocycles. The van der Waals surface area contributed by atoms with E-state index in [2.05, 4.69) is 0 Å². The summed E-state index contributed by atoms with van der Waals surface area (Å²) in [6, 6.07) is 10.4. The standard InChI is InChI=1S/C28H32F8N2O3/c29-19-5-9-21(10-6-19)39-23-3-1-13-37(15-23)17-25(27(31,32)33)41-26(28(34,35)36)18-38-14-2-4-24(16-38)40-22-11-7-20(30)8-12-22/h5-12,23-26H,1-4,13-18H2/t23?,24?,25-,26-/m0/s1. The van der Waals surface area contributed by atoms with Crippen LogP contribution in [0.1, 0.15) is 25.7 Å². The number of ether oxygens (including phenoxy) is 3. The van der Waals surface area contributed by atoms with Crippen LogP contribution in [0.4, 0.5) is 35.1 Å². The quantitative estimate of drug-likeness (QED) is 0.304. The normalized spacial score (nSPS) is 22.7. The van der Waals surface area contributed by atoms with Crippen molar-refractivity contribution in [3.63, 3.8) is 0 Å². The SMILES string of the molecule is Fc1ccc(OC2CCCN(C[C@H](O[C@@H](CN3CCCC(Oc4ccc(F)cc4)C3)C(F)(F)F)C(F)(F)F)C2)cc1. The Hall–Kier alpha value is -2.64. The van der Waals surface area contributed by atoms with Crippen LogP contribution in [0.15, 0.2) is 48.5 Å². The van der Waals surface area contributed by atoms with Crippen molar-refractivity contribution in [2.75, 3.05) is 39.3 Å². The van der Waals surface area contributed by atoms with Crippen molar-refractivity contribution in [1.29, 1.82) is 0 Å². The molecule has 4 rings (SSSR count). The first-order valence-corrected chi connectivity index (χ1v) is 13.4. The summed E-state index contributed by atoms with van der Waals surface area (Å²) in [4.78, 5) is 2.77. The first-order chi connectivity index (χ1) is 19.3. The summed E-state index contributed by atoms with van der Waals surface area (Å²) in [6.07, 6.45) is -14.4. The molecule has 0 spiro atoms. The number of hydrogen-bond donors (Lipinski definition) is 0. The number of likely N-dealkylation sites (tertiary alicyclic amines) is 2. The summed E-state index contributed by atoms with van der Waals surface area (Å²) in [5.74, 6) is -0.232. The van der Waals surface area contributed by atoms with E-state index in [1.54, 1.807) is 0 Å². The van der Waals surface area contributed by atoms with Crippen LogP contribution in [0.5, 0.6) is 11.5 Å². The summed E-state index contributed by atoms with van der Waals surface area (Å²) in [6.45, 7) is -0.975. The molecule has 0 aromatic heterocycles. The van der Waals surface area contributed by atoms with E-state index in [-0.39, 0.29) is 26.2 Å². The number of rotatable bonds is 10. The fraction of sp³-hybridized carbons (Fsp3) is 0.571. The summed E-state index contributed by atoms with van der Waals surface area (Å²) in [5.41, 5.74) is 0. The van der Waals surface area contributed by atoms with Gasteiger partial charge < -0.3 is 14.2 Å². The number of alkyl halides is 6. The second-order valence-electron chi connectivity index (χ2n) is 10.4. The Morgan fingerprint density at radius 2 is 1.00 bits per heavy atom. The largest absolute Gasteiger partial charge is 0.489 e. The van der Waals surface area contributed by atoms with Gasteiger partial charge in [0.15, 0.2) is 12.2 Å². The first kappa shape index (κ1) is 31.3. The molecule has 2 aromatic rings. The third-order valence-electron chi connectivity index (χ3n) is 7.06. The molecule has 0 N–H and O–H groups in total. The van der Waals surface area contributed by atoms with Gasteiger partial charge in [0.1, 0.15) is 35.3 Å². The molecule has 41 heavy (non-hydrogen) atoms. The zero-order valence-electron chi connectivity index (χ0n) is 22.1. The molecule has 0 saturated carbocycles. The topological polar surface area (TPSA) is 34.2 Å². The van der Waals surface area contributed by atoms with Gasteiger partial charge in [0.25, 0.3) is 0 Å². The van der Waals surface area contributed by atoms with Crippen molar-refractivity contribution in [2.45, 2.75) is 62.5 Å². The molecule has 0 bridgehead atoms. The summed E-state index contributed by atoms with van der Waals surface area (Å²) >= 11 is 0. The van der Waals surface area contributed by atoms with E-state index in [0.717, 1.165) is 0 Å². The van der Waals surface area contributed by atoms with Gasteiger partial charge in [-0.05, 0) is 87.3 Å². The molecule has 2 fully saturated rings. The smallest absolute Gasteiger partial charge is 0.415 e. The van der Waals surface area contributed by atoms with E-state index in [0.29, 0.717) is 37.2 Å². The van der Waals surface area contributed by atoms with Crippen LogP contribution in [0.25, 0.3) is 0 Å². The predicted molar refractivity (Wildman–Crippen MR) is 134 cm³/mol. The lowest BCUT2D eigenvalue weighted by molar-refractivity contribution is -0.291. The molecule has 2 aromatic carbocycles. The Balaban J connectivity index is 1.37. The fourth-order valence-corrected chi connectivity index (χ4v) is 5.08. The molecular weight excluding hydrogens is 564 g/mol. The van der Waals surface area contributed by atoms with Crippen molar-refractivity contribution in [3.8, 4) is 11.5 Å². The first-order valence-electron chi connectivity index (χ1n) is 13.4. The molecule has 0 amide bonds. The predicted octanol–water partition coefficient (Wildman–Crippen LogP) is 6.23. The minimum Gasteiger partial charge on any atom is -0.489 e. The zero-order valence-corrected chi connectivity index (χ0v) is 22.1. The molecule has 2 aliphatic heterocycles.